The molecule has 1 aromatic carbocycles. The van der Waals surface area contributed by atoms with Gasteiger partial charge < -0.3 is 19.4 Å². The molecule has 2 rings (SSSR count). The van der Waals surface area contributed by atoms with E-state index in [0.717, 1.165) is 11.3 Å². The lowest BCUT2D eigenvalue weighted by molar-refractivity contribution is -0.144. The molecule has 0 amide bonds. The zero-order valence-corrected chi connectivity index (χ0v) is 15.9. The number of nitrogens with zero attached hydrogens (tertiary/aromatic N) is 3. The number of carbonyl (C=O) groups is 1. The highest BCUT2D eigenvalue weighted by atomic mass is 35.5. The number of oxime groups is 1. The zero-order valence-electron chi connectivity index (χ0n) is 15.1. The SMILES string of the molecule is CON=Cc1cc(Cl)c(Oc2c(C)c(C)nn2C)cc1O[C@@H](C)C(=O)O. The van der Waals surface area contributed by atoms with Crippen molar-refractivity contribution in [3.8, 4) is 17.4 Å². The van der Waals surface area contributed by atoms with Gasteiger partial charge in [0.05, 0.1) is 16.9 Å². The van der Waals surface area contributed by atoms with E-state index >= 15 is 0 Å². The van der Waals surface area contributed by atoms with Crippen LogP contribution in [0.3, 0.4) is 0 Å². The lowest BCUT2D eigenvalue weighted by Gasteiger charge is -2.16. The van der Waals surface area contributed by atoms with Crippen molar-refractivity contribution >= 4 is 23.8 Å². The number of hydrogen-bond donors (Lipinski definition) is 1. The predicted molar refractivity (Wildman–Crippen MR) is 96.5 cm³/mol. The summed E-state index contributed by atoms with van der Waals surface area (Å²) < 4.78 is 13.0. The fourth-order valence-electron chi connectivity index (χ4n) is 2.17. The highest BCUT2D eigenvalue weighted by molar-refractivity contribution is 6.32. The number of aliphatic carboxylic acids is 1. The van der Waals surface area contributed by atoms with Crippen molar-refractivity contribution in [3.63, 3.8) is 0 Å². The molecule has 0 aliphatic rings. The minimum Gasteiger partial charge on any atom is -0.479 e. The van der Waals surface area contributed by atoms with E-state index in [1.165, 1.54) is 26.3 Å². The molecule has 0 fully saturated rings. The van der Waals surface area contributed by atoms with E-state index in [1.807, 2.05) is 13.8 Å². The van der Waals surface area contributed by atoms with Crippen molar-refractivity contribution < 1.29 is 24.2 Å². The van der Waals surface area contributed by atoms with Crippen molar-refractivity contribution in [1.82, 2.24) is 9.78 Å². The van der Waals surface area contributed by atoms with Crippen molar-refractivity contribution in [2.24, 2.45) is 12.2 Å². The zero-order chi connectivity index (χ0) is 19.4. The molecule has 0 aliphatic heterocycles. The fourth-order valence-corrected chi connectivity index (χ4v) is 2.38. The van der Waals surface area contributed by atoms with Gasteiger partial charge in [-0.25, -0.2) is 9.48 Å². The summed E-state index contributed by atoms with van der Waals surface area (Å²) in [6.07, 6.45) is 0.304. The number of ether oxygens (including phenoxy) is 2. The largest absolute Gasteiger partial charge is 0.479 e. The number of hydrogen-bond acceptors (Lipinski definition) is 6. The van der Waals surface area contributed by atoms with Gasteiger partial charge >= 0.3 is 5.97 Å². The summed E-state index contributed by atoms with van der Waals surface area (Å²) in [4.78, 5) is 15.8. The molecule has 1 heterocycles. The van der Waals surface area contributed by atoms with Crippen LogP contribution in [0.5, 0.6) is 17.4 Å². The van der Waals surface area contributed by atoms with E-state index in [1.54, 1.807) is 17.8 Å². The standard InChI is InChI=1S/C17H20ClN3O5/c1-9-10(2)20-21(4)16(9)26-15-7-14(25-11(3)17(22)23)12(6-13(15)18)8-19-24-5/h6-8,11H,1-5H3,(H,22,23)/t11-/m0/s1. The average molecular weight is 382 g/mol. The average Bonchev–Trinajstić information content (AvgIpc) is 2.82. The maximum atomic E-state index is 11.1. The van der Waals surface area contributed by atoms with Crippen LogP contribution in [0.1, 0.15) is 23.7 Å². The molecule has 9 heteroatoms. The van der Waals surface area contributed by atoms with Gasteiger partial charge in [0.1, 0.15) is 12.9 Å². The summed E-state index contributed by atoms with van der Waals surface area (Å²) >= 11 is 6.31. The van der Waals surface area contributed by atoms with Crippen molar-refractivity contribution in [2.75, 3.05) is 7.11 Å². The molecule has 1 atom stereocenters. The topological polar surface area (TPSA) is 95.2 Å². The smallest absolute Gasteiger partial charge is 0.344 e. The molecule has 0 aliphatic carbocycles. The number of halogens is 1. The minimum atomic E-state index is -1.10. The van der Waals surface area contributed by atoms with Crippen LogP contribution >= 0.6 is 11.6 Å². The molecule has 0 unspecified atom stereocenters. The lowest BCUT2D eigenvalue weighted by atomic mass is 10.2. The van der Waals surface area contributed by atoms with Crippen LogP contribution in [0, 0.1) is 13.8 Å². The third-order valence-electron chi connectivity index (χ3n) is 3.68. The number of carboxylic acids is 1. The Bertz CT molecular complexity index is 847. The number of aromatic nitrogens is 2. The lowest BCUT2D eigenvalue weighted by Crippen LogP contribution is -2.23. The van der Waals surface area contributed by atoms with E-state index in [9.17, 15) is 4.79 Å². The van der Waals surface area contributed by atoms with Crippen LogP contribution in [0.4, 0.5) is 0 Å². The second kappa shape index (κ2) is 8.09. The minimum absolute atomic E-state index is 0.247. The molecule has 8 nitrogen and oxygen atoms in total. The van der Waals surface area contributed by atoms with Crippen molar-refractivity contribution in [3.05, 3.63) is 34.0 Å². The van der Waals surface area contributed by atoms with Gasteiger partial charge in [0.2, 0.25) is 5.88 Å². The molecule has 0 spiro atoms. The van der Waals surface area contributed by atoms with Crippen LogP contribution in [0.2, 0.25) is 5.02 Å². The van der Waals surface area contributed by atoms with E-state index in [0.29, 0.717) is 22.2 Å². The Kier molecular flexibility index (Phi) is 6.10. The monoisotopic (exact) mass is 381 g/mol. The second-order valence-corrected chi connectivity index (χ2v) is 5.98. The molecule has 2 aromatic rings. The number of benzene rings is 1. The normalized spacial score (nSPS) is 12.2. The van der Waals surface area contributed by atoms with E-state index in [-0.39, 0.29) is 5.75 Å². The first-order chi connectivity index (χ1) is 12.2. The maximum absolute atomic E-state index is 11.1. The molecule has 0 saturated heterocycles. The fraction of sp³-hybridized carbons (Fsp3) is 0.353. The summed E-state index contributed by atoms with van der Waals surface area (Å²) in [7, 11) is 3.15. The van der Waals surface area contributed by atoms with Crippen LogP contribution < -0.4 is 9.47 Å². The van der Waals surface area contributed by atoms with Crippen LogP contribution in [0.15, 0.2) is 17.3 Å². The highest BCUT2D eigenvalue weighted by Crippen LogP contribution is 2.36. The first-order valence-corrected chi connectivity index (χ1v) is 8.10. The van der Waals surface area contributed by atoms with Crippen LogP contribution in [-0.2, 0) is 16.7 Å². The molecule has 26 heavy (non-hydrogen) atoms. The summed E-state index contributed by atoms with van der Waals surface area (Å²) in [5.41, 5.74) is 2.16. The Hall–Kier alpha value is -2.74. The quantitative estimate of drug-likeness (QED) is 0.584. The Labute approximate surface area is 155 Å². The Balaban J connectivity index is 2.46. The first kappa shape index (κ1) is 19.6. The Morgan fingerprint density at radius 1 is 1.38 bits per heavy atom. The maximum Gasteiger partial charge on any atom is 0.344 e. The summed E-state index contributed by atoms with van der Waals surface area (Å²) in [6, 6.07) is 3.07. The number of rotatable bonds is 7. The highest BCUT2D eigenvalue weighted by Gasteiger charge is 2.19. The molecule has 1 N–H and O–H groups in total. The number of aryl methyl sites for hydroxylation is 2. The summed E-state index contributed by atoms with van der Waals surface area (Å²) in [5.74, 6) is -0.0216. The van der Waals surface area contributed by atoms with E-state index in [2.05, 4.69) is 15.1 Å². The van der Waals surface area contributed by atoms with Gasteiger partial charge in [-0.1, -0.05) is 16.8 Å². The second-order valence-electron chi connectivity index (χ2n) is 5.58. The van der Waals surface area contributed by atoms with E-state index < -0.39 is 12.1 Å². The third kappa shape index (κ3) is 4.26. The molecular weight excluding hydrogens is 362 g/mol. The van der Waals surface area contributed by atoms with E-state index in [4.69, 9.17) is 26.2 Å². The Morgan fingerprint density at radius 2 is 2.08 bits per heavy atom. The molecule has 0 saturated carbocycles. The predicted octanol–water partition coefficient (Wildman–Crippen LogP) is 3.31. The third-order valence-corrected chi connectivity index (χ3v) is 3.97. The van der Waals surface area contributed by atoms with Gasteiger partial charge in [-0.15, -0.1) is 0 Å². The van der Waals surface area contributed by atoms with Crippen molar-refractivity contribution in [1.29, 1.82) is 0 Å². The van der Waals surface area contributed by atoms with Gasteiger partial charge in [0.25, 0.3) is 0 Å². The molecule has 0 radical (unpaired) electrons. The first-order valence-electron chi connectivity index (χ1n) is 7.72. The van der Waals surface area contributed by atoms with Gasteiger partial charge in [0.15, 0.2) is 11.9 Å². The van der Waals surface area contributed by atoms with Gasteiger partial charge in [0, 0.05) is 24.2 Å². The van der Waals surface area contributed by atoms with Gasteiger partial charge in [-0.2, -0.15) is 5.10 Å². The molecular formula is C17H20ClN3O5. The van der Waals surface area contributed by atoms with Gasteiger partial charge in [-0.3, -0.25) is 0 Å². The van der Waals surface area contributed by atoms with Crippen LogP contribution in [0.25, 0.3) is 0 Å². The van der Waals surface area contributed by atoms with Gasteiger partial charge in [-0.05, 0) is 26.8 Å². The molecule has 140 valence electrons. The molecule has 0 bridgehead atoms. The molecule has 1 aromatic heterocycles. The summed E-state index contributed by atoms with van der Waals surface area (Å²) in [6.45, 7) is 5.18. The Morgan fingerprint density at radius 3 is 2.62 bits per heavy atom. The van der Waals surface area contributed by atoms with Crippen LogP contribution in [-0.4, -0.2) is 40.3 Å². The number of carboxylic acid groups (broad SMARTS) is 1. The summed E-state index contributed by atoms with van der Waals surface area (Å²) in [5, 5.41) is 17.4. The van der Waals surface area contributed by atoms with Crippen molar-refractivity contribution in [2.45, 2.75) is 26.9 Å².